The van der Waals surface area contributed by atoms with Crippen LogP contribution in [-0.4, -0.2) is 10.8 Å². The number of halogens is 2. The number of Topliss-reactive ketones (excluding diaryl/α,β-unsaturated/α-hetero) is 1. The molecule has 1 N–H and O–H groups in total. The zero-order valence-electron chi connectivity index (χ0n) is 15.3. The van der Waals surface area contributed by atoms with Crippen molar-refractivity contribution >= 4 is 40.7 Å². The Morgan fingerprint density at radius 1 is 1.04 bits per heavy atom. The predicted molar refractivity (Wildman–Crippen MR) is 115 cm³/mol. The summed E-state index contributed by atoms with van der Waals surface area (Å²) in [5.41, 5.74) is 2.87. The Morgan fingerprint density at radius 3 is 2.52 bits per heavy atom. The number of nitrogens with one attached hydrogen (secondary N) is 1. The summed E-state index contributed by atoms with van der Waals surface area (Å²) >= 11 is 14.7. The Bertz CT molecular complexity index is 935. The van der Waals surface area contributed by atoms with E-state index in [4.69, 9.17) is 23.2 Å². The highest BCUT2D eigenvalue weighted by Gasteiger charge is 2.15. The van der Waals surface area contributed by atoms with Crippen LogP contribution in [0, 0.1) is 0 Å². The van der Waals surface area contributed by atoms with Crippen molar-refractivity contribution in [2.24, 2.45) is 0 Å². The van der Waals surface area contributed by atoms with E-state index in [1.165, 1.54) is 10.5 Å². The Balaban J connectivity index is 1.76. The Hall–Kier alpha value is -1.68. The third kappa shape index (κ3) is 4.78. The van der Waals surface area contributed by atoms with Gasteiger partial charge in [-0.15, -0.1) is 0 Å². The van der Waals surface area contributed by atoms with E-state index in [-0.39, 0.29) is 5.78 Å². The molecule has 0 fully saturated rings. The van der Waals surface area contributed by atoms with Crippen LogP contribution in [0.25, 0.3) is 0 Å². The highest BCUT2D eigenvalue weighted by Crippen LogP contribution is 2.41. The molecule has 1 heterocycles. The smallest absolute Gasteiger partial charge is 0.164 e. The lowest BCUT2D eigenvalue weighted by molar-refractivity contribution is 0.0983. The van der Waals surface area contributed by atoms with Crippen molar-refractivity contribution in [1.29, 1.82) is 0 Å². The van der Waals surface area contributed by atoms with Crippen LogP contribution in [0.5, 0.6) is 0 Å². The van der Waals surface area contributed by atoms with Crippen molar-refractivity contribution in [3.63, 3.8) is 0 Å². The molecule has 2 nitrogen and oxygen atoms in total. The van der Waals surface area contributed by atoms with Crippen LogP contribution in [0.15, 0.2) is 64.6 Å². The second-order valence-corrected chi connectivity index (χ2v) is 8.51. The van der Waals surface area contributed by atoms with Gasteiger partial charge in [-0.3, -0.25) is 4.79 Å². The van der Waals surface area contributed by atoms with E-state index >= 15 is 0 Å². The molecule has 0 bridgehead atoms. The quantitative estimate of drug-likeness (QED) is 0.405. The molecule has 0 atom stereocenters. The zero-order chi connectivity index (χ0) is 19.4. The van der Waals surface area contributed by atoms with E-state index < -0.39 is 0 Å². The first-order valence-electron chi connectivity index (χ1n) is 8.87. The fourth-order valence-electron chi connectivity index (χ4n) is 2.90. The Labute approximate surface area is 174 Å². The summed E-state index contributed by atoms with van der Waals surface area (Å²) in [6, 6.07) is 14.1. The number of H-pyrrole nitrogens is 1. The number of aromatic amines is 1. The second-order valence-electron chi connectivity index (χ2n) is 6.67. The second kappa shape index (κ2) is 9.01. The lowest BCUT2D eigenvalue weighted by Crippen LogP contribution is -2.00. The maximum Gasteiger partial charge on any atom is 0.164 e. The van der Waals surface area contributed by atoms with Crippen LogP contribution in [-0.2, 0) is 6.42 Å². The van der Waals surface area contributed by atoms with Gasteiger partial charge >= 0.3 is 0 Å². The molecule has 2 aromatic carbocycles. The molecule has 3 aromatic rings. The van der Waals surface area contributed by atoms with Crippen molar-refractivity contribution in [2.75, 3.05) is 0 Å². The monoisotopic (exact) mass is 417 g/mol. The molecular weight excluding hydrogens is 397 g/mol. The van der Waals surface area contributed by atoms with Crippen LogP contribution < -0.4 is 0 Å². The number of benzene rings is 2. The molecule has 0 aliphatic carbocycles. The third-order valence-corrected chi connectivity index (χ3v) is 6.61. The maximum atomic E-state index is 12.2. The molecule has 27 heavy (non-hydrogen) atoms. The van der Waals surface area contributed by atoms with E-state index in [9.17, 15) is 4.79 Å². The van der Waals surface area contributed by atoms with Gasteiger partial charge in [-0.25, -0.2) is 0 Å². The molecule has 0 aliphatic rings. The van der Waals surface area contributed by atoms with Gasteiger partial charge in [0.05, 0.1) is 10.0 Å². The van der Waals surface area contributed by atoms with E-state index in [0.717, 1.165) is 10.5 Å². The van der Waals surface area contributed by atoms with Gasteiger partial charge in [-0.1, -0.05) is 73.1 Å². The van der Waals surface area contributed by atoms with Crippen LogP contribution >= 0.6 is 35.0 Å². The first-order valence-corrected chi connectivity index (χ1v) is 10.4. The molecule has 0 spiro atoms. The fraction of sp³-hybridized carbons (Fsp3) is 0.227. The number of aryl methyl sites for hydroxylation is 1. The molecule has 0 aliphatic heterocycles. The molecule has 140 valence electrons. The third-order valence-electron chi connectivity index (χ3n) is 4.43. The predicted octanol–water partition coefficient (Wildman–Crippen LogP) is 7.41. The number of hydrogen-bond donors (Lipinski definition) is 1. The molecule has 0 unspecified atom stereocenters. The summed E-state index contributed by atoms with van der Waals surface area (Å²) in [6.45, 7) is 4.36. The van der Waals surface area contributed by atoms with Crippen molar-refractivity contribution in [3.8, 4) is 0 Å². The number of hydrogen-bond acceptors (Lipinski definition) is 2. The van der Waals surface area contributed by atoms with Crippen molar-refractivity contribution in [1.82, 2.24) is 4.98 Å². The van der Waals surface area contributed by atoms with Crippen molar-refractivity contribution in [2.45, 2.75) is 42.4 Å². The molecule has 0 saturated carbocycles. The largest absolute Gasteiger partial charge is 0.367 e. The normalized spacial score (nSPS) is 11.1. The molecule has 0 saturated heterocycles. The minimum absolute atomic E-state index is 0.0905. The van der Waals surface area contributed by atoms with Gasteiger partial charge < -0.3 is 4.98 Å². The fourth-order valence-corrected chi connectivity index (χ4v) is 4.65. The molecule has 1 aromatic heterocycles. The highest BCUT2D eigenvalue weighted by atomic mass is 35.5. The van der Waals surface area contributed by atoms with Gasteiger partial charge in [-0.05, 0) is 41.7 Å². The topological polar surface area (TPSA) is 32.9 Å². The van der Waals surface area contributed by atoms with E-state index in [2.05, 4.69) is 37.0 Å². The molecule has 0 amide bonds. The van der Waals surface area contributed by atoms with Gasteiger partial charge in [-0.2, -0.15) is 0 Å². The number of aromatic nitrogens is 1. The van der Waals surface area contributed by atoms with E-state index in [0.29, 0.717) is 34.4 Å². The van der Waals surface area contributed by atoms with Crippen LogP contribution in [0.4, 0.5) is 0 Å². The lowest BCUT2D eigenvalue weighted by atomic mass is 10.0. The summed E-state index contributed by atoms with van der Waals surface area (Å²) in [6.07, 6.45) is 4.42. The first kappa shape index (κ1) is 20.1. The molecule has 0 radical (unpaired) electrons. The minimum atomic E-state index is 0.0905. The van der Waals surface area contributed by atoms with Crippen LogP contribution in [0.2, 0.25) is 10.0 Å². The Morgan fingerprint density at radius 2 is 1.81 bits per heavy atom. The van der Waals surface area contributed by atoms with Crippen molar-refractivity contribution < 1.29 is 4.79 Å². The SMILES string of the molecule is CC(C)c1ccccc1Sc1ccc(CCC(=O)c2cc[nH]c2)c(Cl)c1Cl. The average Bonchev–Trinajstić information content (AvgIpc) is 3.20. The van der Waals surface area contributed by atoms with Crippen LogP contribution in [0.1, 0.15) is 47.7 Å². The van der Waals surface area contributed by atoms with E-state index in [1.807, 2.05) is 18.2 Å². The summed E-state index contributed by atoms with van der Waals surface area (Å²) in [5, 5.41) is 1.08. The molecule has 3 rings (SSSR count). The highest BCUT2D eigenvalue weighted by molar-refractivity contribution is 7.99. The number of rotatable bonds is 7. The molecular formula is C22H21Cl2NOS. The molecule has 5 heteroatoms. The van der Waals surface area contributed by atoms with Gasteiger partial charge in [0.2, 0.25) is 0 Å². The van der Waals surface area contributed by atoms with Gasteiger partial charge in [0.1, 0.15) is 0 Å². The summed E-state index contributed by atoms with van der Waals surface area (Å²) < 4.78 is 0. The lowest BCUT2D eigenvalue weighted by Gasteiger charge is -2.14. The number of ketones is 1. The van der Waals surface area contributed by atoms with E-state index in [1.54, 1.807) is 30.2 Å². The standard InChI is InChI=1S/C22H21Cl2NOS/c1-14(2)17-5-3-4-6-19(17)27-20-10-8-15(21(23)22(20)24)7-9-18(26)16-11-12-25-13-16/h3-6,8,10-14,25H,7,9H2,1-2H3. The van der Waals surface area contributed by atoms with Crippen molar-refractivity contribution in [3.05, 3.63) is 81.6 Å². The maximum absolute atomic E-state index is 12.2. The van der Waals surface area contributed by atoms with Gasteiger partial charge in [0, 0.05) is 34.2 Å². The summed E-state index contributed by atoms with van der Waals surface area (Å²) in [7, 11) is 0. The Kier molecular flexibility index (Phi) is 6.69. The zero-order valence-corrected chi connectivity index (χ0v) is 17.6. The van der Waals surface area contributed by atoms with Gasteiger partial charge in [0.15, 0.2) is 5.78 Å². The van der Waals surface area contributed by atoms with Gasteiger partial charge in [0.25, 0.3) is 0 Å². The average molecular weight is 418 g/mol. The summed E-state index contributed by atoms with van der Waals surface area (Å²) in [5.74, 6) is 0.523. The minimum Gasteiger partial charge on any atom is -0.367 e. The number of carbonyl (C=O) groups is 1. The summed E-state index contributed by atoms with van der Waals surface area (Å²) in [4.78, 5) is 17.2. The van der Waals surface area contributed by atoms with Crippen LogP contribution in [0.3, 0.4) is 0 Å². The first-order chi connectivity index (χ1) is 13.0. The number of carbonyl (C=O) groups excluding carboxylic acids is 1.